The largest absolute Gasteiger partial charge is 0.444 e. The van der Waals surface area contributed by atoms with Crippen LogP contribution in [-0.2, 0) is 16.7 Å². The van der Waals surface area contributed by atoms with Gasteiger partial charge in [-0.2, -0.15) is 0 Å². The molecule has 1 spiro atoms. The number of nitrogens with zero attached hydrogens (tertiary/aromatic N) is 1. The molecule has 1 heterocycles. The van der Waals surface area contributed by atoms with Gasteiger partial charge in [0.1, 0.15) is 5.60 Å². The molecule has 0 saturated heterocycles. The molecule has 0 bridgehead atoms. The Balaban J connectivity index is 1.89. The number of ether oxygens (including phenoxy) is 1. The van der Waals surface area contributed by atoms with Crippen LogP contribution in [0.25, 0.3) is 0 Å². The third kappa shape index (κ3) is 2.59. The van der Waals surface area contributed by atoms with Crippen molar-refractivity contribution in [3.05, 3.63) is 29.3 Å². The smallest absolute Gasteiger partial charge is 0.410 e. The second-order valence-corrected chi connectivity index (χ2v) is 7.39. The summed E-state index contributed by atoms with van der Waals surface area (Å²) in [4.78, 5) is 14.2. The van der Waals surface area contributed by atoms with Crippen LogP contribution in [-0.4, -0.2) is 23.1 Å². The number of hydrogen-bond donors (Lipinski definition) is 1. The van der Waals surface area contributed by atoms with E-state index < -0.39 is 5.60 Å². The third-order valence-corrected chi connectivity index (χ3v) is 4.52. The van der Waals surface area contributed by atoms with Gasteiger partial charge in [0.2, 0.25) is 0 Å². The van der Waals surface area contributed by atoms with E-state index in [1.165, 1.54) is 17.5 Å². The van der Waals surface area contributed by atoms with E-state index in [9.17, 15) is 4.79 Å². The van der Waals surface area contributed by atoms with Gasteiger partial charge in [-0.15, -0.1) is 0 Å². The molecule has 1 amide bonds. The summed E-state index contributed by atoms with van der Waals surface area (Å²) in [6, 6.07) is 6.08. The highest BCUT2D eigenvalue weighted by molar-refractivity contribution is 5.69. The number of carbonyl (C=O) groups excluding carboxylic acids is 1. The lowest BCUT2D eigenvalue weighted by Gasteiger charge is -2.50. The fourth-order valence-corrected chi connectivity index (χ4v) is 3.42. The molecule has 0 atom stereocenters. The zero-order valence-electron chi connectivity index (χ0n) is 13.1. The van der Waals surface area contributed by atoms with Crippen molar-refractivity contribution in [2.24, 2.45) is 0 Å². The Kier molecular flexibility index (Phi) is 3.15. The lowest BCUT2D eigenvalue weighted by molar-refractivity contribution is 0.00984. The molecule has 21 heavy (non-hydrogen) atoms. The average Bonchev–Trinajstić information content (AvgIpc) is 2.33. The number of nitrogen functional groups attached to an aromatic ring is 1. The van der Waals surface area contributed by atoms with E-state index in [-0.39, 0.29) is 11.5 Å². The van der Waals surface area contributed by atoms with Gasteiger partial charge in [0, 0.05) is 24.2 Å². The summed E-state index contributed by atoms with van der Waals surface area (Å²) in [6.45, 7) is 7.08. The van der Waals surface area contributed by atoms with Crippen LogP contribution in [0, 0.1) is 0 Å². The first-order valence-electron chi connectivity index (χ1n) is 7.66. The predicted octanol–water partition coefficient (Wildman–Crippen LogP) is 3.44. The van der Waals surface area contributed by atoms with E-state index in [1.54, 1.807) is 0 Å². The number of carbonyl (C=O) groups is 1. The van der Waals surface area contributed by atoms with E-state index in [0.717, 1.165) is 25.1 Å². The molecular formula is C17H24N2O2. The summed E-state index contributed by atoms with van der Waals surface area (Å²) in [6.07, 6.45) is 3.26. The highest BCUT2D eigenvalue weighted by atomic mass is 16.6. The number of anilines is 1. The van der Waals surface area contributed by atoms with Crippen LogP contribution in [0.3, 0.4) is 0 Å². The molecule has 1 aliphatic heterocycles. The van der Waals surface area contributed by atoms with Crippen molar-refractivity contribution in [1.29, 1.82) is 0 Å². The van der Waals surface area contributed by atoms with Crippen molar-refractivity contribution in [1.82, 2.24) is 4.90 Å². The lowest BCUT2D eigenvalue weighted by Crippen LogP contribution is -2.52. The van der Waals surface area contributed by atoms with E-state index in [4.69, 9.17) is 10.5 Å². The van der Waals surface area contributed by atoms with Crippen LogP contribution in [0.4, 0.5) is 10.5 Å². The summed E-state index contributed by atoms with van der Waals surface area (Å²) in [5.41, 5.74) is 8.96. The van der Waals surface area contributed by atoms with Crippen molar-refractivity contribution in [3.63, 3.8) is 0 Å². The Labute approximate surface area is 126 Å². The molecule has 1 aromatic rings. The van der Waals surface area contributed by atoms with E-state index >= 15 is 0 Å². The maximum atomic E-state index is 12.4. The first-order chi connectivity index (χ1) is 9.79. The van der Waals surface area contributed by atoms with Gasteiger partial charge in [0.15, 0.2) is 0 Å². The van der Waals surface area contributed by atoms with Gasteiger partial charge in [-0.25, -0.2) is 4.79 Å². The zero-order chi connectivity index (χ0) is 15.3. The SMILES string of the molecule is CC(C)(C)OC(=O)N1Cc2ccc(N)cc2C2(CCC2)C1. The van der Waals surface area contributed by atoms with Crippen molar-refractivity contribution in [3.8, 4) is 0 Å². The van der Waals surface area contributed by atoms with Gasteiger partial charge in [-0.3, -0.25) is 0 Å². The topological polar surface area (TPSA) is 55.6 Å². The summed E-state index contributed by atoms with van der Waals surface area (Å²) in [5, 5.41) is 0. The third-order valence-electron chi connectivity index (χ3n) is 4.52. The van der Waals surface area contributed by atoms with Crippen molar-refractivity contribution in [2.75, 3.05) is 12.3 Å². The zero-order valence-corrected chi connectivity index (χ0v) is 13.1. The van der Waals surface area contributed by atoms with Crippen LogP contribution in [0.1, 0.15) is 51.2 Å². The quantitative estimate of drug-likeness (QED) is 0.744. The van der Waals surface area contributed by atoms with Crippen molar-refractivity contribution < 1.29 is 9.53 Å². The highest BCUT2D eigenvalue weighted by Gasteiger charge is 2.46. The molecule has 1 saturated carbocycles. The van der Waals surface area contributed by atoms with E-state index in [0.29, 0.717) is 6.54 Å². The van der Waals surface area contributed by atoms with Gasteiger partial charge in [0.25, 0.3) is 0 Å². The van der Waals surface area contributed by atoms with Crippen molar-refractivity contribution >= 4 is 11.8 Å². The van der Waals surface area contributed by atoms with Crippen LogP contribution >= 0.6 is 0 Å². The Bertz CT molecular complexity index is 571. The van der Waals surface area contributed by atoms with Gasteiger partial charge in [0.05, 0.1) is 0 Å². The Morgan fingerprint density at radius 2 is 2.05 bits per heavy atom. The van der Waals surface area contributed by atoms with Crippen LogP contribution in [0.5, 0.6) is 0 Å². The second kappa shape index (κ2) is 4.65. The summed E-state index contributed by atoms with van der Waals surface area (Å²) < 4.78 is 5.54. The standard InChI is InChI=1S/C17H24N2O2/c1-16(2,3)21-15(20)19-10-12-5-6-13(18)9-14(12)17(11-19)7-4-8-17/h5-6,9H,4,7-8,10-11,18H2,1-3H3. The minimum atomic E-state index is -0.453. The van der Waals surface area contributed by atoms with Crippen LogP contribution in [0.15, 0.2) is 18.2 Å². The van der Waals surface area contributed by atoms with Gasteiger partial charge < -0.3 is 15.4 Å². The van der Waals surface area contributed by atoms with E-state index in [2.05, 4.69) is 12.1 Å². The Morgan fingerprint density at radius 3 is 2.62 bits per heavy atom. The lowest BCUT2D eigenvalue weighted by atomic mass is 9.61. The van der Waals surface area contributed by atoms with E-state index in [1.807, 2.05) is 31.7 Å². The molecule has 1 aromatic carbocycles. The summed E-state index contributed by atoms with van der Waals surface area (Å²) in [7, 11) is 0. The maximum absolute atomic E-state index is 12.4. The number of benzene rings is 1. The van der Waals surface area contributed by atoms with Crippen molar-refractivity contribution in [2.45, 2.75) is 57.6 Å². The molecule has 2 N–H and O–H groups in total. The normalized spacial score (nSPS) is 19.9. The molecule has 3 rings (SSSR count). The first kappa shape index (κ1) is 14.2. The number of nitrogens with two attached hydrogens (primary N) is 1. The maximum Gasteiger partial charge on any atom is 0.410 e. The molecule has 0 radical (unpaired) electrons. The first-order valence-corrected chi connectivity index (χ1v) is 7.66. The molecule has 1 fully saturated rings. The number of rotatable bonds is 0. The molecule has 2 aliphatic rings. The average molecular weight is 288 g/mol. The second-order valence-electron chi connectivity index (χ2n) is 7.39. The van der Waals surface area contributed by atoms with Crippen LogP contribution in [0.2, 0.25) is 0 Å². The van der Waals surface area contributed by atoms with Gasteiger partial charge in [-0.1, -0.05) is 12.5 Å². The molecule has 4 heteroatoms. The minimum Gasteiger partial charge on any atom is -0.444 e. The molecular weight excluding hydrogens is 264 g/mol. The predicted molar refractivity (Wildman–Crippen MR) is 83.0 cm³/mol. The number of amides is 1. The van der Waals surface area contributed by atoms with Crippen LogP contribution < -0.4 is 5.73 Å². The minimum absolute atomic E-state index is 0.0971. The fraction of sp³-hybridized carbons (Fsp3) is 0.588. The molecule has 114 valence electrons. The molecule has 1 aliphatic carbocycles. The molecule has 0 unspecified atom stereocenters. The summed E-state index contributed by atoms with van der Waals surface area (Å²) >= 11 is 0. The van der Waals surface area contributed by atoms with Gasteiger partial charge >= 0.3 is 6.09 Å². The Hall–Kier alpha value is -1.71. The van der Waals surface area contributed by atoms with Gasteiger partial charge in [-0.05, 0) is 56.9 Å². The fourth-order valence-electron chi connectivity index (χ4n) is 3.42. The molecule has 4 nitrogen and oxygen atoms in total. The monoisotopic (exact) mass is 288 g/mol. The summed E-state index contributed by atoms with van der Waals surface area (Å²) in [5.74, 6) is 0. The Morgan fingerprint density at radius 1 is 1.33 bits per heavy atom. The highest BCUT2D eigenvalue weighted by Crippen LogP contribution is 2.48. The number of hydrogen-bond acceptors (Lipinski definition) is 3. The molecule has 0 aromatic heterocycles. The number of fused-ring (bicyclic) bond motifs is 2.